The molecule has 0 aliphatic carbocycles. The second-order valence-electron chi connectivity index (χ2n) is 3.10. The summed E-state index contributed by atoms with van der Waals surface area (Å²) in [5, 5.41) is 9.44. The number of aliphatic hydroxyl groups is 1. The van der Waals surface area contributed by atoms with Gasteiger partial charge in [-0.3, -0.25) is 0 Å². The quantitative estimate of drug-likeness (QED) is 0.726. The van der Waals surface area contributed by atoms with Crippen LogP contribution in [-0.2, 0) is 0 Å². The van der Waals surface area contributed by atoms with Crippen LogP contribution in [0.15, 0.2) is 22.6 Å². The molecule has 0 aliphatic heterocycles. The largest absolute Gasteiger partial charge is 0.441 e. The molecule has 0 spiro atoms. The second kappa shape index (κ2) is 2.85. The highest BCUT2D eigenvalue weighted by molar-refractivity contribution is 5.76. The van der Waals surface area contributed by atoms with Crippen molar-refractivity contribution < 1.29 is 9.52 Å². The monoisotopic (exact) mass is 177 g/mol. The Hall–Kier alpha value is -1.35. The molecule has 3 nitrogen and oxygen atoms in total. The zero-order valence-electron chi connectivity index (χ0n) is 7.61. The molecule has 1 atom stereocenters. The lowest BCUT2D eigenvalue weighted by molar-refractivity contribution is 0.199. The van der Waals surface area contributed by atoms with E-state index in [0.717, 1.165) is 11.1 Å². The summed E-state index contributed by atoms with van der Waals surface area (Å²) >= 11 is 0. The Labute approximate surface area is 76.0 Å². The van der Waals surface area contributed by atoms with E-state index in [0.29, 0.717) is 11.5 Å². The van der Waals surface area contributed by atoms with Gasteiger partial charge in [0.15, 0.2) is 11.5 Å². The third-order valence-corrected chi connectivity index (χ3v) is 2.00. The van der Waals surface area contributed by atoms with E-state index in [-0.39, 0.29) is 0 Å². The maximum atomic E-state index is 9.44. The molecule has 1 N–H and O–H groups in total. The van der Waals surface area contributed by atoms with Crippen molar-refractivity contribution in [1.82, 2.24) is 4.98 Å². The lowest BCUT2D eigenvalue weighted by Gasteiger charge is -2.02. The van der Waals surface area contributed by atoms with Crippen LogP contribution in [0.3, 0.4) is 0 Å². The first kappa shape index (κ1) is 8.26. The zero-order chi connectivity index (χ0) is 9.42. The van der Waals surface area contributed by atoms with Crippen LogP contribution in [0.5, 0.6) is 0 Å². The van der Waals surface area contributed by atoms with Crippen molar-refractivity contribution in [1.29, 1.82) is 0 Å². The Kier molecular flexibility index (Phi) is 1.81. The molecule has 2 aromatic rings. The van der Waals surface area contributed by atoms with Crippen LogP contribution in [0.1, 0.15) is 24.5 Å². The number of rotatable bonds is 1. The standard InChI is InChI=1S/C10H11NO2/c1-6(12)8-4-3-5-9-10(8)13-7(2)11-9/h3-6,12H,1-2H3. The normalized spacial score (nSPS) is 13.5. The fourth-order valence-electron chi connectivity index (χ4n) is 1.41. The van der Waals surface area contributed by atoms with Gasteiger partial charge in [-0.25, -0.2) is 4.98 Å². The fraction of sp³-hybridized carbons (Fsp3) is 0.300. The van der Waals surface area contributed by atoms with Gasteiger partial charge >= 0.3 is 0 Å². The number of hydrogen-bond acceptors (Lipinski definition) is 3. The maximum Gasteiger partial charge on any atom is 0.192 e. The Bertz CT molecular complexity index is 431. The van der Waals surface area contributed by atoms with Crippen molar-refractivity contribution in [3.05, 3.63) is 29.7 Å². The van der Waals surface area contributed by atoms with E-state index >= 15 is 0 Å². The predicted molar refractivity (Wildman–Crippen MR) is 49.4 cm³/mol. The number of para-hydroxylation sites is 1. The van der Waals surface area contributed by atoms with Gasteiger partial charge in [-0.2, -0.15) is 0 Å². The minimum Gasteiger partial charge on any atom is -0.441 e. The average Bonchev–Trinajstić information content (AvgIpc) is 2.43. The van der Waals surface area contributed by atoms with E-state index in [1.165, 1.54) is 0 Å². The number of oxazole rings is 1. The van der Waals surface area contributed by atoms with Crippen molar-refractivity contribution >= 4 is 11.1 Å². The number of nitrogens with zero attached hydrogens (tertiary/aromatic N) is 1. The Morgan fingerprint density at radius 2 is 2.23 bits per heavy atom. The first-order chi connectivity index (χ1) is 6.18. The molecule has 13 heavy (non-hydrogen) atoms. The summed E-state index contributed by atoms with van der Waals surface area (Å²) in [6.07, 6.45) is -0.518. The van der Waals surface area contributed by atoms with E-state index in [1.54, 1.807) is 13.8 Å². The summed E-state index contributed by atoms with van der Waals surface area (Å²) in [6.45, 7) is 3.51. The van der Waals surface area contributed by atoms with E-state index in [1.807, 2.05) is 18.2 Å². The third kappa shape index (κ3) is 1.31. The molecule has 0 aliphatic rings. The van der Waals surface area contributed by atoms with Gasteiger partial charge in [0, 0.05) is 12.5 Å². The highest BCUT2D eigenvalue weighted by Gasteiger charge is 2.10. The Morgan fingerprint density at radius 3 is 2.92 bits per heavy atom. The second-order valence-corrected chi connectivity index (χ2v) is 3.10. The van der Waals surface area contributed by atoms with Crippen LogP contribution in [0.2, 0.25) is 0 Å². The van der Waals surface area contributed by atoms with Gasteiger partial charge in [0.2, 0.25) is 0 Å². The predicted octanol–water partition coefficient (Wildman–Crippen LogP) is 2.19. The molecule has 1 heterocycles. The van der Waals surface area contributed by atoms with Crippen LogP contribution in [0, 0.1) is 6.92 Å². The molecule has 0 saturated carbocycles. The fourth-order valence-corrected chi connectivity index (χ4v) is 1.41. The Balaban J connectivity index is 2.75. The number of aliphatic hydroxyl groups excluding tert-OH is 1. The van der Waals surface area contributed by atoms with Crippen LogP contribution < -0.4 is 0 Å². The van der Waals surface area contributed by atoms with Gasteiger partial charge in [-0.15, -0.1) is 0 Å². The average molecular weight is 177 g/mol. The summed E-state index contributed by atoms with van der Waals surface area (Å²) in [6, 6.07) is 5.58. The topological polar surface area (TPSA) is 46.3 Å². The van der Waals surface area contributed by atoms with Gasteiger partial charge < -0.3 is 9.52 Å². The highest BCUT2D eigenvalue weighted by Crippen LogP contribution is 2.24. The number of aromatic nitrogens is 1. The van der Waals surface area contributed by atoms with Gasteiger partial charge in [0.25, 0.3) is 0 Å². The smallest absolute Gasteiger partial charge is 0.192 e. The van der Waals surface area contributed by atoms with Crippen LogP contribution in [-0.4, -0.2) is 10.1 Å². The van der Waals surface area contributed by atoms with Crippen molar-refractivity contribution in [2.24, 2.45) is 0 Å². The van der Waals surface area contributed by atoms with Gasteiger partial charge in [0.05, 0.1) is 6.10 Å². The summed E-state index contributed by atoms with van der Waals surface area (Å²) < 4.78 is 5.39. The van der Waals surface area contributed by atoms with Gasteiger partial charge in [-0.05, 0) is 13.0 Å². The van der Waals surface area contributed by atoms with E-state index < -0.39 is 6.10 Å². The van der Waals surface area contributed by atoms with Gasteiger partial charge in [0.1, 0.15) is 5.52 Å². The number of fused-ring (bicyclic) bond motifs is 1. The van der Waals surface area contributed by atoms with Crippen LogP contribution in [0.4, 0.5) is 0 Å². The molecule has 2 rings (SSSR count). The first-order valence-electron chi connectivity index (χ1n) is 4.22. The van der Waals surface area contributed by atoms with Crippen molar-refractivity contribution in [3.8, 4) is 0 Å². The molecular weight excluding hydrogens is 166 g/mol. The molecule has 3 heteroatoms. The molecule has 0 amide bonds. The molecule has 1 aromatic heterocycles. The molecule has 0 bridgehead atoms. The Morgan fingerprint density at radius 1 is 1.46 bits per heavy atom. The zero-order valence-corrected chi connectivity index (χ0v) is 7.61. The summed E-state index contributed by atoms with van der Waals surface area (Å²) in [5.41, 5.74) is 2.28. The lowest BCUT2D eigenvalue weighted by Crippen LogP contribution is -1.90. The summed E-state index contributed by atoms with van der Waals surface area (Å²) in [4.78, 5) is 4.18. The molecule has 1 unspecified atom stereocenters. The number of hydrogen-bond donors (Lipinski definition) is 1. The van der Waals surface area contributed by atoms with E-state index in [4.69, 9.17) is 4.42 Å². The third-order valence-electron chi connectivity index (χ3n) is 2.00. The summed E-state index contributed by atoms with van der Waals surface area (Å²) in [5.74, 6) is 0.628. The molecule has 1 aromatic carbocycles. The van der Waals surface area contributed by atoms with Gasteiger partial charge in [-0.1, -0.05) is 12.1 Å². The number of benzene rings is 1. The van der Waals surface area contributed by atoms with Crippen LogP contribution in [0.25, 0.3) is 11.1 Å². The van der Waals surface area contributed by atoms with Crippen molar-refractivity contribution in [2.75, 3.05) is 0 Å². The minimum absolute atomic E-state index is 0.518. The van der Waals surface area contributed by atoms with E-state index in [2.05, 4.69) is 4.98 Å². The molecule has 0 fully saturated rings. The van der Waals surface area contributed by atoms with E-state index in [9.17, 15) is 5.11 Å². The van der Waals surface area contributed by atoms with Crippen molar-refractivity contribution in [2.45, 2.75) is 20.0 Å². The molecular formula is C10H11NO2. The first-order valence-corrected chi connectivity index (χ1v) is 4.22. The molecule has 0 saturated heterocycles. The lowest BCUT2D eigenvalue weighted by atomic mass is 10.1. The minimum atomic E-state index is -0.518. The number of aryl methyl sites for hydroxylation is 1. The molecule has 68 valence electrons. The highest BCUT2D eigenvalue weighted by atomic mass is 16.3. The SMILES string of the molecule is Cc1nc2cccc(C(C)O)c2o1. The maximum absolute atomic E-state index is 9.44. The molecule has 0 radical (unpaired) electrons. The van der Waals surface area contributed by atoms with Crippen molar-refractivity contribution in [3.63, 3.8) is 0 Å². The van der Waals surface area contributed by atoms with Crippen LogP contribution >= 0.6 is 0 Å². The summed E-state index contributed by atoms with van der Waals surface area (Å²) in [7, 11) is 0.